The Kier molecular flexibility index (Phi) is 6.87. The van der Waals surface area contributed by atoms with Gasteiger partial charge in [0.2, 0.25) is 5.91 Å². The van der Waals surface area contributed by atoms with Gasteiger partial charge in [0.05, 0.1) is 13.2 Å². The number of piperazine rings is 1. The number of Topliss-reactive ketones (excluding diaryl/α,β-unsaturated/α-hetero) is 1. The van der Waals surface area contributed by atoms with Gasteiger partial charge < -0.3 is 14.6 Å². The number of nitrogens with zero attached hydrogens (tertiary/aromatic N) is 2. The van der Waals surface area contributed by atoms with Gasteiger partial charge in [-0.05, 0) is 38.5 Å². The number of hydrogen-bond acceptors (Lipinski definition) is 4. The zero-order valence-corrected chi connectivity index (χ0v) is 16.7. The van der Waals surface area contributed by atoms with Gasteiger partial charge in [-0.25, -0.2) is 0 Å². The molecule has 6 heteroatoms. The summed E-state index contributed by atoms with van der Waals surface area (Å²) in [5.41, 5.74) is 2.70. The van der Waals surface area contributed by atoms with Gasteiger partial charge >= 0.3 is 0 Å². The van der Waals surface area contributed by atoms with Crippen LogP contribution in [0.1, 0.15) is 34.6 Å². The molecule has 0 saturated carbocycles. The molecule has 150 valence electrons. The summed E-state index contributed by atoms with van der Waals surface area (Å²) in [4.78, 5) is 32.1. The normalized spacial score (nSPS) is 14.9. The third-order valence-electron chi connectivity index (χ3n) is 5.09. The molecule has 2 aromatic rings. The number of carbonyl (C=O) groups excluding carboxylic acids is 2. The highest BCUT2D eigenvalue weighted by molar-refractivity contribution is 5.98. The molecule has 1 saturated heterocycles. The van der Waals surface area contributed by atoms with E-state index in [1.165, 1.54) is 0 Å². The number of ether oxygens (including phenoxy) is 1. The van der Waals surface area contributed by atoms with Crippen LogP contribution in [0.25, 0.3) is 0 Å². The first-order valence-electron chi connectivity index (χ1n) is 9.90. The van der Waals surface area contributed by atoms with Crippen LogP contribution in [-0.2, 0) is 4.79 Å². The molecule has 2 heterocycles. The number of aromatic nitrogens is 1. The monoisotopic (exact) mass is 383 g/mol. The first kappa shape index (κ1) is 20.1. The minimum absolute atomic E-state index is 0.139. The van der Waals surface area contributed by atoms with Gasteiger partial charge in [0.25, 0.3) is 0 Å². The van der Waals surface area contributed by atoms with Gasteiger partial charge in [0, 0.05) is 49.6 Å². The van der Waals surface area contributed by atoms with Crippen LogP contribution >= 0.6 is 0 Å². The van der Waals surface area contributed by atoms with Gasteiger partial charge in [0.1, 0.15) is 5.75 Å². The maximum absolute atomic E-state index is 12.5. The predicted molar refractivity (Wildman–Crippen MR) is 109 cm³/mol. The van der Waals surface area contributed by atoms with Crippen LogP contribution in [0, 0.1) is 13.8 Å². The number of aromatic amines is 1. The highest BCUT2D eigenvalue weighted by Crippen LogP contribution is 2.13. The van der Waals surface area contributed by atoms with E-state index in [2.05, 4.69) is 9.88 Å². The zero-order valence-electron chi connectivity index (χ0n) is 16.7. The standard InChI is InChI=1S/C22H29N3O3/c1-17-15-20(18(2)23-17)21(26)16-24-10-12-25(13-11-24)22(27)9-6-14-28-19-7-4-3-5-8-19/h3-5,7-8,15,23H,6,9-14,16H2,1-2H3. The number of H-pyrrole nitrogens is 1. The summed E-state index contributed by atoms with van der Waals surface area (Å²) in [7, 11) is 0. The van der Waals surface area contributed by atoms with E-state index in [1.54, 1.807) is 0 Å². The van der Waals surface area contributed by atoms with E-state index < -0.39 is 0 Å². The number of para-hydroxylation sites is 1. The Morgan fingerprint density at radius 1 is 1.07 bits per heavy atom. The number of aryl methyl sites for hydroxylation is 2. The van der Waals surface area contributed by atoms with Crippen molar-refractivity contribution in [3.63, 3.8) is 0 Å². The number of carbonyl (C=O) groups is 2. The molecule has 0 aliphatic carbocycles. The smallest absolute Gasteiger partial charge is 0.222 e. The van der Waals surface area contributed by atoms with Gasteiger partial charge in [0.15, 0.2) is 5.78 Å². The van der Waals surface area contributed by atoms with Gasteiger partial charge in [-0.1, -0.05) is 18.2 Å². The number of amides is 1. The summed E-state index contributed by atoms with van der Waals surface area (Å²) in [6, 6.07) is 11.6. The van der Waals surface area contributed by atoms with Crippen molar-refractivity contribution in [2.45, 2.75) is 26.7 Å². The molecule has 6 nitrogen and oxygen atoms in total. The minimum atomic E-state index is 0.139. The highest BCUT2D eigenvalue weighted by Gasteiger charge is 2.23. The summed E-state index contributed by atoms with van der Waals surface area (Å²) in [5, 5.41) is 0. The Morgan fingerprint density at radius 2 is 1.79 bits per heavy atom. The summed E-state index contributed by atoms with van der Waals surface area (Å²) in [6.45, 7) is 7.66. The van der Waals surface area contributed by atoms with Crippen LogP contribution in [0.3, 0.4) is 0 Å². The minimum Gasteiger partial charge on any atom is -0.494 e. The quantitative estimate of drug-likeness (QED) is 0.562. The van der Waals surface area contributed by atoms with Crippen molar-refractivity contribution in [2.75, 3.05) is 39.3 Å². The van der Waals surface area contributed by atoms with Crippen LogP contribution in [0.5, 0.6) is 5.75 Å². The molecule has 3 rings (SSSR count). The second-order valence-electron chi connectivity index (χ2n) is 7.34. The molecule has 0 spiro atoms. The molecule has 0 bridgehead atoms. The third-order valence-corrected chi connectivity index (χ3v) is 5.09. The fraction of sp³-hybridized carbons (Fsp3) is 0.455. The molecule has 28 heavy (non-hydrogen) atoms. The van der Waals surface area contributed by atoms with Crippen LogP contribution in [0.15, 0.2) is 36.4 Å². The summed E-state index contributed by atoms with van der Waals surface area (Å²) < 4.78 is 5.64. The van der Waals surface area contributed by atoms with E-state index in [-0.39, 0.29) is 11.7 Å². The molecular formula is C22H29N3O3. The summed E-state index contributed by atoms with van der Waals surface area (Å²) in [6.07, 6.45) is 1.20. The van der Waals surface area contributed by atoms with Crippen molar-refractivity contribution in [1.29, 1.82) is 0 Å². The molecule has 1 amide bonds. The lowest BCUT2D eigenvalue weighted by Gasteiger charge is -2.34. The van der Waals surface area contributed by atoms with Gasteiger partial charge in [-0.15, -0.1) is 0 Å². The maximum atomic E-state index is 12.5. The van der Waals surface area contributed by atoms with Crippen LogP contribution in [0.4, 0.5) is 0 Å². The van der Waals surface area contributed by atoms with Crippen molar-refractivity contribution in [1.82, 2.24) is 14.8 Å². The molecular weight excluding hydrogens is 354 g/mol. The van der Waals surface area contributed by atoms with Gasteiger partial charge in [-0.3, -0.25) is 14.5 Å². The first-order chi connectivity index (χ1) is 13.5. The second-order valence-corrected chi connectivity index (χ2v) is 7.34. The average molecular weight is 383 g/mol. The molecule has 1 fully saturated rings. The Balaban J connectivity index is 1.35. The molecule has 1 aliphatic rings. The van der Waals surface area contributed by atoms with E-state index in [1.807, 2.05) is 55.1 Å². The fourth-order valence-electron chi connectivity index (χ4n) is 3.55. The number of rotatable bonds is 8. The molecule has 0 unspecified atom stereocenters. The lowest BCUT2D eigenvalue weighted by molar-refractivity contribution is -0.133. The highest BCUT2D eigenvalue weighted by atomic mass is 16.5. The predicted octanol–water partition coefficient (Wildman–Crippen LogP) is 2.82. The Bertz CT molecular complexity index is 793. The molecule has 1 aromatic carbocycles. The molecule has 1 aromatic heterocycles. The number of ketones is 1. The molecule has 1 aliphatic heterocycles. The lowest BCUT2D eigenvalue weighted by Crippen LogP contribution is -2.49. The van der Waals surface area contributed by atoms with Crippen molar-refractivity contribution in [3.05, 3.63) is 53.3 Å². The first-order valence-corrected chi connectivity index (χ1v) is 9.90. The van der Waals surface area contributed by atoms with Crippen molar-refractivity contribution < 1.29 is 14.3 Å². The fourth-order valence-corrected chi connectivity index (χ4v) is 3.55. The Morgan fingerprint density at radius 3 is 2.43 bits per heavy atom. The van der Waals surface area contributed by atoms with Crippen LogP contribution < -0.4 is 4.74 Å². The lowest BCUT2D eigenvalue weighted by atomic mass is 10.1. The molecule has 1 N–H and O–H groups in total. The Labute approximate surface area is 166 Å². The maximum Gasteiger partial charge on any atom is 0.222 e. The summed E-state index contributed by atoms with van der Waals surface area (Å²) in [5.74, 6) is 1.14. The zero-order chi connectivity index (χ0) is 19.9. The topological polar surface area (TPSA) is 65.6 Å². The number of hydrogen-bond donors (Lipinski definition) is 1. The average Bonchev–Trinajstić information content (AvgIpc) is 3.04. The van der Waals surface area contributed by atoms with E-state index in [9.17, 15) is 9.59 Å². The largest absolute Gasteiger partial charge is 0.494 e. The van der Waals surface area contributed by atoms with E-state index >= 15 is 0 Å². The van der Waals surface area contributed by atoms with E-state index in [4.69, 9.17) is 4.74 Å². The molecule has 0 atom stereocenters. The second kappa shape index (κ2) is 9.55. The summed E-state index contributed by atoms with van der Waals surface area (Å²) >= 11 is 0. The van der Waals surface area contributed by atoms with Crippen molar-refractivity contribution >= 4 is 11.7 Å². The van der Waals surface area contributed by atoms with Crippen LogP contribution in [-0.4, -0.2) is 65.8 Å². The third kappa shape index (κ3) is 5.45. The van der Waals surface area contributed by atoms with Crippen molar-refractivity contribution in [3.8, 4) is 5.75 Å². The van der Waals surface area contributed by atoms with Crippen LogP contribution in [0.2, 0.25) is 0 Å². The van der Waals surface area contributed by atoms with Crippen molar-refractivity contribution in [2.24, 2.45) is 0 Å². The Hall–Kier alpha value is -2.60. The SMILES string of the molecule is Cc1cc(C(=O)CN2CCN(C(=O)CCCOc3ccccc3)CC2)c(C)[nH]1. The van der Waals surface area contributed by atoms with E-state index in [0.717, 1.165) is 35.8 Å². The van der Waals surface area contributed by atoms with E-state index in [0.29, 0.717) is 39.1 Å². The molecule has 0 radical (unpaired) electrons. The number of benzene rings is 1. The number of nitrogens with one attached hydrogen (secondary N) is 1. The van der Waals surface area contributed by atoms with Gasteiger partial charge in [-0.2, -0.15) is 0 Å².